The number of hydrogen-bond acceptors (Lipinski definition) is 6. The first-order chi connectivity index (χ1) is 13.2. The van der Waals surface area contributed by atoms with Crippen LogP contribution in [-0.2, 0) is 0 Å². The Kier molecular flexibility index (Phi) is 5.38. The van der Waals surface area contributed by atoms with Crippen molar-refractivity contribution >= 4 is 5.95 Å². The van der Waals surface area contributed by atoms with Gasteiger partial charge in [-0.1, -0.05) is 0 Å². The van der Waals surface area contributed by atoms with Crippen molar-refractivity contribution in [3.05, 3.63) is 42.5 Å². The number of nitrogens with zero attached hydrogens (tertiary/aromatic N) is 4. The molecule has 0 radical (unpaired) electrons. The Hall–Kier alpha value is -2.41. The number of aromatic nitrogens is 2. The summed E-state index contributed by atoms with van der Waals surface area (Å²) in [4.78, 5) is 13.0. The highest BCUT2D eigenvalue weighted by Crippen LogP contribution is 2.27. The molecule has 4 rings (SSSR count). The number of piperazine rings is 1. The van der Waals surface area contributed by atoms with Gasteiger partial charge in [-0.05, 0) is 37.1 Å². The molecule has 0 bridgehead atoms. The van der Waals surface area contributed by atoms with E-state index in [4.69, 9.17) is 9.47 Å². The van der Waals surface area contributed by atoms with Gasteiger partial charge < -0.3 is 14.4 Å². The summed E-state index contributed by atoms with van der Waals surface area (Å²) in [6, 6.07) is 8.24. The molecule has 1 aromatic heterocycles. The number of methoxy groups -OCH3 is 1. The number of halogens is 1. The first kappa shape index (κ1) is 18.0. The SMILES string of the molecule is COc1ccc(OCC2CC[C@H]3CN(c4ncc(F)cn4)CCN3C2)cc1. The van der Waals surface area contributed by atoms with Crippen LogP contribution >= 0.6 is 0 Å². The molecule has 6 nitrogen and oxygen atoms in total. The van der Waals surface area contributed by atoms with Crippen LogP contribution in [0.4, 0.5) is 10.3 Å². The Morgan fingerprint density at radius 1 is 1.04 bits per heavy atom. The molecular formula is C20H25FN4O2. The van der Waals surface area contributed by atoms with Gasteiger partial charge in [0.1, 0.15) is 11.5 Å². The van der Waals surface area contributed by atoms with Crippen molar-refractivity contribution in [1.29, 1.82) is 0 Å². The molecule has 0 spiro atoms. The highest BCUT2D eigenvalue weighted by Gasteiger charge is 2.33. The molecule has 7 heteroatoms. The van der Waals surface area contributed by atoms with Crippen LogP contribution in [0.2, 0.25) is 0 Å². The van der Waals surface area contributed by atoms with Crippen molar-refractivity contribution < 1.29 is 13.9 Å². The molecule has 0 aliphatic carbocycles. The van der Waals surface area contributed by atoms with E-state index in [-0.39, 0.29) is 0 Å². The molecule has 1 unspecified atom stereocenters. The number of ether oxygens (including phenoxy) is 2. The molecule has 2 atom stereocenters. The number of piperidine rings is 1. The molecule has 3 heterocycles. The Morgan fingerprint density at radius 3 is 2.52 bits per heavy atom. The van der Waals surface area contributed by atoms with Crippen LogP contribution in [0.1, 0.15) is 12.8 Å². The van der Waals surface area contributed by atoms with E-state index in [0.29, 0.717) is 17.9 Å². The minimum atomic E-state index is -0.394. The van der Waals surface area contributed by atoms with E-state index in [2.05, 4.69) is 19.8 Å². The molecule has 2 fully saturated rings. The summed E-state index contributed by atoms with van der Waals surface area (Å²) in [5.74, 6) is 2.50. The predicted octanol–water partition coefficient (Wildman–Crippen LogP) is 2.60. The lowest BCUT2D eigenvalue weighted by molar-refractivity contribution is 0.0725. The summed E-state index contributed by atoms with van der Waals surface area (Å²) >= 11 is 0. The summed E-state index contributed by atoms with van der Waals surface area (Å²) in [5.41, 5.74) is 0. The number of anilines is 1. The van der Waals surface area contributed by atoms with Gasteiger partial charge in [0.25, 0.3) is 0 Å². The minimum Gasteiger partial charge on any atom is -0.497 e. The summed E-state index contributed by atoms with van der Waals surface area (Å²) < 4.78 is 24.2. The maximum atomic E-state index is 13.0. The largest absolute Gasteiger partial charge is 0.497 e. The number of fused-ring (bicyclic) bond motifs is 1. The second kappa shape index (κ2) is 8.08. The molecule has 1 aromatic carbocycles. The van der Waals surface area contributed by atoms with Gasteiger partial charge in [-0.3, -0.25) is 4.90 Å². The lowest BCUT2D eigenvalue weighted by Gasteiger charge is -2.46. The van der Waals surface area contributed by atoms with Crippen LogP contribution in [0.25, 0.3) is 0 Å². The Bertz CT molecular complexity index is 741. The molecule has 2 saturated heterocycles. The normalized spacial score (nSPS) is 23.0. The lowest BCUT2D eigenvalue weighted by Crippen LogP contribution is -2.57. The van der Waals surface area contributed by atoms with E-state index in [1.807, 2.05) is 24.3 Å². The summed E-state index contributed by atoms with van der Waals surface area (Å²) in [5, 5.41) is 0. The van der Waals surface area contributed by atoms with Crippen molar-refractivity contribution in [1.82, 2.24) is 14.9 Å². The topological polar surface area (TPSA) is 50.7 Å². The van der Waals surface area contributed by atoms with Crippen molar-refractivity contribution in [2.24, 2.45) is 5.92 Å². The highest BCUT2D eigenvalue weighted by atomic mass is 19.1. The third-order valence-corrected chi connectivity index (χ3v) is 5.44. The number of benzene rings is 1. The first-order valence-corrected chi connectivity index (χ1v) is 9.44. The van der Waals surface area contributed by atoms with Crippen molar-refractivity contribution in [2.45, 2.75) is 18.9 Å². The summed E-state index contributed by atoms with van der Waals surface area (Å²) in [6.07, 6.45) is 4.76. The predicted molar refractivity (Wildman–Crippen MR) is 101 cm³/mol. The average Bonchev–Trinajstić information content (AvgIpc) is 2.72. The van der Waals surface area contributed by atoms with E-state index in [1.54, 1.807) is 7.11 Å². The molecule has 27 heavy (non-hydrogen) atoms. The van der Waals surface area contributed by atoms with Crippen LogP contribution < -0.4 is 14.4 Å². The quantitative estimate of drug-likeness (QED) is 0.804. The second-order valence-corrected chi connectivity index (χ2v) is 7.23. The van der Waals surface area contributed by atoms with Gasteiger partial charge in [0.15, 0.2) is 5.82 Å². The molecule has 2 aliphatic heterocycles. The Labute approximate surface area is 158 Å². The summed E-state index contributed by atoms with van der Waals surface area (Å²) in [7, 11) is 1.66. The zero-order valence-electron chi connectivity index (χ0n) is 15.6. The van der Waals surface area contributed by atoms with E-state index in [1.165, 1.54) is 12.4 Å². The van der Waals surface area contributed by atoms with Gasteiger partial charge in [0.05, 0.1) is 26.1 Å². The van der Waals surface area contributed by atoms with Crippen LogP contribution in [0.15, 0.2) is 36.7 Å². The van der Waals surface area contributed by atoms with E-state index in [9.17, 15) is 4.39 Å². The van der Waals surface area contributed by atoms with Gasteiger partial charge >= 0.3 is 0 Å². The molecule has 2 aliphatic rings. The Balaban J connectivity index is 1.28. The molecule has 0 amide bonds. The molecular weight excluding hydrogens is 347 g/mol. The fraction of sp³-hybridized carbons (Fsp3) is 0.500. The van der Waals surface area contributed by atoms with E-state index >= 15 is 0 Å². The minimum absolute atomic E-state index is 0.394. The number of hydrogen-bond donors (Lipinski definition) is 0. The van der Waals surface area contributed by atoms with Gasteiger partial charge in [-0.2, -0.15) is 0 Å². The lowest BCUT2D eigenvalue weighted by atomic mass is 9.91. The average molecular weight is 372 g/mol. The zero-order valence-corrected chi connectivity index (χ0v) is 15.6. The van der Waals surface area contributed by atoms with E-state index in [0.717, 1.165) is 57.1 Å². The Morgan fingerprint density at radius 2 is 1.78 bits per heavy atom. The van der Waals surface area contributed by atoms with Gasteiger partial charge in [-0.25, -0.2) is 14.4 Å². The first-order valence-electron chi connectivity index (χ1n) is 9.44. The van der Waals surface area contributed by atoms with Crippen molar-refractivity contribution in [2.75, 3.05) is 44.8 Å². The maximum Gasteiger partial charge on any atom is 0.225 e. The molecule has 0 saturated carbocycles. The molecule has 2 aromatic rings. The monoisotopic (exact) mass is 372 g/mol. The van der Waals surface area contributed by atoms with Crippen molar-refractivity contribution in [3.63, 3.8) is 0 Å². The van der Waals surface area contributed by atoms with Crippen LogP contribution in [0.5, 0.6) is 11.5 Å². The van der Waals surface area contributed by atoms with Crippen molar-refractivity contribution in [3.8, 4) is 11.5 Å². The standard InChI is InChI=1S/C20H25FN4O2/c1-26-18-4-6-19(7-5-18)27-14-15-2-3-17-13-25(9-8-24(17)12-15)20-22-10-16(21)11-23-20/h4-7,10-11,15,17H,2-3,8-9,12-14H2,1H3/t15?,17-/m0/s1. The molecule has 144 valence electrons. The zero-order chi connectivity index (χ0) is 18.6. The maximum absolute atomic E-state index is 13.0. The summed E-state index contributed by atoms with van der Waals surface area (Å²) in [6.45, 7) is 4.54. The number of rotatable bonds is 5. The third-order valence-electron chi connectivity index (χ3n) is 5.44. The van der Waals surface area contributed by atoms with Gasteiger partial charge in [0.2, 0.25) is 5.95 Å². The smallest absolute Gasteiger partial charge is 0.225 e. The highest BCUT2D eigenvalue weighted by molar-refractivity contribution is 5.31. The van der Waals surface area contributed by atoms with Crippen LogP contribution in [0, 0.1) is 11.7 Å². The van der Waals surface area contributed by atoms with Crippen LogP contribution in [0.3, 0.4) is 0 Å². The molecule has 0 N–H and O–H groups in total. The van der Waals surface area contributed by atoms with Gasteiger partial charge in [-0.15, -0.1) is 0 Å². The fourth-order valence-electron chi connectivity index (χ4n) is 3.93. The second-order valence-electron chi connectivity index (χ2n) is 7.23. The van der Waals surface area contributed by atoms with E-state index < -0.39 is 5.82 Å². The fourth-order valence-corrected chi connectivity index (χ4v) is 3.93. The van der Waals surface area contributed by atoms with Gasteiger partial charge in [0, 0.05) is 38.1 Å². The van der Waals surface area contributed by atoms with Crippen LogP contribution in [-0.4, -0.2) is 60.8 Å². The third kappa shape index (κ3) is 4.30.